The van der Waals surface area contributed by atoms with Gasteiger partial charge in [-0.25, -0.2) is 0 Å². The summed E-state index contributed by atoms with van der Waals surface area (Å²) in [6, 6.07) is 9.56. The molecule has 106 valence electrons. The first kappa shape index (κ1) is 13.8. The predicted octanol–water partition coefficient (Wildman–Crippen LogP) is 4.07. The molecule has 5 heteroatoms. The molecule has 0 unspecified atom stereocenters. The van der Waals surface area contributed by atoms with Crippen LogP contribution in [0.2, 0.25) is 0 Å². The smallest absolute Gasteiger partial charge is 0.272 e. The van der Waals surface area contributed by atoms with Crippen molar-refractivity contribution >= 4 is 38.3 Å². The summed E-state index contributed by atoms with van der Waals surface area (Å²) >= 11 is 3.41. The fraction of sp³-hybridized carbons (Fsp3) is 0.125. The van der Waals surface area contributed by atoms with Crippen molar-refractivity contribution in [1.29, 1.82) is 0 Å². The number of hydrogen-bond donors (Lipinski definition) is 1. The van der Waals surface area contributed by atoms with Crippen LogP contribution in [0, 0.1) is 0 Å². The zero-order chi connectivity index (χ0) is 14.8. The van der Waals surface area contributed by atoms with Crippen molar-refractivity contribution in [2.24, 2.45) is 0 Å². The number of benzene rings is 1. The molecule has 0 saturated heterocycles. The van der Waals surface area contributed by atoms with Crippen molar-refractivity contribution in [3.8, 4) is 0 Å². The molecule has 0 fully saturated rings. The number of rotatable bonds is 3. The molecule has 0 aliphatic carbocycles. The first-order chi connectivity index (χ1) is 10.2. The third kappa shape index (κ3) is 2.69. The number of anilines is 1. The van der Waals surface area contributed by atoms with E-state index in [1.54, 1.807) is 12.4 Å². The highest BCUT2D eigenvalue weighted by Crippen LogP contribution is 2.23. The molecular weight excluding hydrogens is 330 g/mol. The molecule has 1 N–H and O–H groups in total. The van der Waals surface area contributed by atoms with Crippen LogP contribution in [0.5, 0.6) is 0 Å². The second-order valence-electron chi connectivity index (χ2n) is 4.69. The Hall–Kier alpha value is -2.14. The lowest BCUT2D eigenvalue weighted by molar-refractivity contribution is 0.101. The molecule has 0 aliphatic heterocycles. The minimum absolute atomic E-state index is 0.126. The van der Waals surface area contributed by atoms with Gasteiger partial charge < -0.3 is 9.88 Å². The molecule has 0 atom stereocenters. The van der Waals surface area contributed by atoms with E-state index in [1.165, 1.54) is 0 Å². The van der Waals surface area contributed by atoms with E-state index < -0.39 is 0 Å². The van der Waals surface area contributed by atoms with Crippen LogP contribution >= 0.6 is 15.9 Å². The topological polar surface area (TPSA) is 46.9 Å². The molecule has 1 amide bonds. The number of nitrogens with one attached hydrogen (secondary N) is 1. The number of fused-ring (bicyclic) bond motifs is 1. The van der Waals surface area contributed by atoms with Gasteiger partial charge in [-0.2, -0.15) is 0 Å². The highest BCUT2D eigenvalue weighted by Gasteiger charge is 2.13. The number of carbonyl (C=O) groups excluding carboxylic acids is 1. The third-order valence-electron chi connectivity index (χ3n) is 3.37. The lowest BCUT2D eigenvalue weighted by Crippen LogP contribution is -2.16. The zero-order valence-electron chi connectivity index (χ0n) is 11.5. The second kappa shape index (κ2) is 5.69. The highest BCUT2D eigenvalue weighted by molar-refractivity contribution is 9.10. The van der Waals surface area contributed by atoms with E-state index in [0.29, 0.717) is 5.69 Å². The van der Waals surface area contributed by atoms with E-state index in [1.807, 2.05) is 48.0 Å². The molecule has 0 radical (unpaired) electrons. The summed E-state index contributed by atoms with van der Waals surface area (Å²) in [7, 11) is 0. The Kier molecular flexibility index (Phi) is 3.75. The molecule has 0 bridgehead atoms. The van der Waals surface area contributed by atoms with Gasteiger partial charge in [0.2, 0.25) is 0 Å². The number of pyridine rings is 1. The van der Waals surface area contributed by atoms with Crippen molar-refractivity contribution in [3.63, 3.8) is 0 Å². The van der Waals surface area contributed by atoms with Crippen molar-refractivity contribution in [2.45, 2.75) is 13.5 Å². The monoisotopic (exact) mass is 343 g/mol. The van der Waals surface area contributed by atoms with Gasteiger partial charge in [-0.15, -0.1) is 0 Å². The number of halogens is 1. The van der Waals surface area contributed by atoms with E-state index in [2.05, 4.69) is 26.2 Å². The van der Waals surface area contributed by atoms with E-state index in [-0.39, 0.29) is 5.91 Å². The van der Waals surface area contributed by atoms with Crippen molar-refractivity contribution in [1.82, 2.24) is 9.55 Å². The van der Waals surface area contributed by atoms with Crippen LogP contribution < -0.4 is 5.32 Å². The molecule has 2 aromatic heterocycles. The van der Waals surface area contributed by atoms with Crippen molar-refractivity contribution in [2.75, 3.05) is 5.32 Å². The SMILES string of the molecule is CCn1cc(Br)cc1C(=O)Nc1cccc2ccncc12. The summed E-state index contributed by atoms with van der Waals surface area (Å²) in [5, 5.41) is 4.95. The molecule has 0 spiro atoms. The maximum absolute atomic E-state index is 12.5. The van der Waals surface area contributed by atoms with Crippen LogP contribution in [-0.2, 0) is 6.54 Å². The van der Waals surface area contributed by atoms with Crippen LogP contribution in [0.15, 0.2) is 53.4 Å². The Morgan fingerprint density at radius 2 is 2.24 bits per heavy atom. The number of aryl methyl sites for hydroxylation is 1. The van der Waals surface area contributed by atoms with Crippen molar-refractivity contribution in [3.05, 3.63) is 59.1 Å². The van der Waals surface area contributed by atoms with Gasteiger partial charge in [-0.05, 0) is 46.4 Å². The van der Waals surface area contributed by atoms with Crippen LogP contribution in [0.1, 0.15) is 17.4 Å². The zero-order valence-corrected chi connectivity index (χ0v) is 13.1. The van der Waals surface area contributed by atoms with Gasteiger partial charge in [0.15, 0.2) is 0 Å². The summed E-state index contributed by atoms with van der Waals surface area (Å²) in [5.74, 6) is -0.126. The van der Waals surface area contributed by atoms with Crippen molar-refractivity contribution < 1.29 is 4.79 Å². The summed E-state index contributed by atoms with van der Waals surface area (Å²) in [5.41, 5.74) is 1.40. The number of amides is 1. The standard InChI is InChI=1S/C16H14BrN3O/c1-2-20-10-12(17)8-15(20)16(21)19-14-5-3-4-11-6-7-18-9-13(11)14/h3-10H,2H2,1H3,(H,19,21). The first-order valence-electron chi connectivity index (χ1n) is 6.69. The molecule has 3 aromatic rings. The molecule has 3 rings (SSSR count). The molecule has 1 aromatic carbocycles. The predicted molar refractivity (Wildman–Crippen MR) is 87.5 cm³/mol. The van der Waals surface area contributed by atoms with Gasteiger partial charge in [0.25, 0.3) is 5.91 Å². The van der Waals surface area contributed by atoms with E-state index in [4.69, 9.17) is 0 Å². The number of nitrogens with zero attached hydrogens (tertiary/aromatic N) is 2. The Labute approximate surface area is 130 Å². The van der Waals surface area contributed by atoms with Gasteiger partial charge in [-0.3, -0.25) is 9.78 Å². The Balaban J connectivity index is 1.96. The molecule has 0 aliphatic rings. The second-order valence-corrected chi connectivity index (χ2v) is 5.60. The molecule has 4 nitrogen and oxygen atoms in total. The lowest BCUT2D eigenvalue weighted by atomic mass is 10.1. The lowest BCUT2D eigenvalue weighted by Gasteiger charge is -2.10. The first-order valence-corrected chi connectivity index (χ1v) is 7.48. The highest BCUT2D eigenvalue weighted by atomic mass is 79.9. The largest absolute Gasteiger partial charge is 0.343 e. The van der Waals surface area contributed by atoms with Crippen LogP contribution in [0.25, 0.3) is 10.8 Å². The van der Waals surface area contributed by atoms with E-state index in [9.17, 15) is 4.79 Å². The molecular formula is C16H14BrN3O. The fourth-order valence-electron chi connectivity index (χ4n) is 2.34. The minimum Gasteiger partial charge on any atom is -0.343 e. The Morgan fingerprint density at radius 3 is 3.05 bits per heavy atom. The maximum atomic E-state index is 12.5. The van der Waals surface area contributed by atoms with E-state index >= 15 is 0 Å². The molecule has 2 heterocycles. The van der Waals surface area contributed by atoms with Gasteiger partial charge in [0, 0.05) is 35.0 Å². The van der Waals surface area contributed by atoms with Gasteiger partial charge in [0.05, 0.1) is 5.69 Å². The number of aromatic nitrogens is 2. The average molecular weight is 344 g/mol. The quantitative estimate of drug-likeness (QED) is 0.779. The van der Waals surface area contributed by atoms with Crippen LogP contribution in [0.4, 0.5) is 5.69 Å². The summed E-state index contributed by atoms with van der Waals surface area (Å²) in [6.07, 6.45) is 5.41. The van der Waals surface area contributed by atoms with Gasteiger partial charge in [-0.1, -0.05) is 12.1 Å². The van der Waals surface area contributed by atoms with Crippen LogP contribution in [-0.4, -0.2) is 15.5 Å². The normalized spacial score (nSPS) is 10.8. The minimum atomic E-state index is -0.126. The Bertz CT molecular complexity index is 805. The third-order valence-corrected chi connectivity index (χ3v) is 3.80. The van der Waals surface area contributed by atoms with E-state index in [0.717, 1.165) is 27.5 Å². The summed E-state index contributed by atoms with van der Waals surface area (Å²) < 4.78 is 2.80. The number of carbonyl (C=O) groups is 1. The molecule has 21 heavy (non-hydrogen) atoms. The summed E-state index contributed by atoms with van der Waals surface area (Å²) in [4.78, 5) is 16.6. The van der Waals surface area contributed by atoms with Gasteiger partial charge >= 0.3 is 0 Å². The molecule has 0 saturated carbocycles. The fourth-order valence-corrected chi connectivity index (χ4v) is 2.80. The summed E-state index contributed by atoms with van der Waals surface area (Å²) in [6.45, 7) is 2.75. The maximum Gasteiger partial charge on any atom is 0.272 e. The van der Waals surface area contributed by atoms with Gasteiger partial charge in [0.1, 0.15) is 5.69 Å². The van der Waals surface area contributed by atoms with Crippen LogP contribution in [0.3, 0.4) is 0 Å². The average Bonchev–Trinajstić information content (AvgIpc) is 2.89. The number of hydrogen-bond acceptors (Lipinski definition) is 2. The Morgan fingerprint density at radius 1 is 1.38 bits per heavy atom.